The Morgan fingerprint density at radius 2 is 2.12 bits per heavy atom. The number of nitrogens with one attached hydrogen (secondary N) is 1. The Kier molecular flexibility index (Phi) is 3.56. The van der Waals surface area contributed by atoms with E-state index in [2.05, 4.69) is 29.6 Å². The van der Waals surface area contributed by atoms with Gasteiger partial charge in [0.2, 0.25) is 0 Å². The summed E-state index contributed by atoms with van der Waals surface area (Å²) in [6.45, 7) is 2.11. The minimum absolute atomic E-state index is 0.0531. The summed E-state index contributed by atoms with van der Waals surface area (Å²) in [7, 11) is 1.91. The van der Waals surface area contributed by atoms with E-state index in [1.54, 1.807) is 4.68 Å². The molecule has 0 saturated carbocycles. The lowest BCUT2D eigenvalue weighted by molar-refractivity contribution is 0.528. The average Bonchev–Trinajstić information content (AvgIpc) is 2.75. The van der Waals surface area contributed by atoms with Gasteiger partial charge in [-0.05, 0) is 30.5 Å². The van der Waals surface area contributed by atoms with E-state index in [1.165, 1.54) is 11.1 Å². The lowest BCUT2D eigenvalue weighted by Gasteiger charge is -2.15. The minimum atomic E-state index is 0.0531. The summed E-state index contributed by atoms with van der Waals surface area (Å²) >= 11 is 0. The molecule has 0 radical (unpaired) electrons. The molecule has 0 saturated heterocycles. The van der Waals surface area contributed by atoms with Gasteiger partial charge in [0.05, 0.1) is 11.7 Å². The van der Waals surface area contributed by atoms with Crippen LogP contribution in [0.5, 0.6) is 0 Å². The summed E-state index contributed by atoms with van der Waals surface area (Å²) in [5, 5.41) is 4.38. The molecular formula is C13H18N4. The van der Waals surface area contributed by atoms with Gasteiger partial charge in [0.25, 0.3) is 0 Å². The summed E-state index contributed by atoms with van der Waals surface area (Å²) in [6.07, 6.45) is 2.78. The molecule has 0 bridgehead atoms. The van der Waals surface area contributed by atoms with Crippen molar-refractivity contribution in [1.82, 2.24) is 15.2 Å². The first kappa shape index (κ1) is 11.8. The van der Waals surface area contributed by atoms with Crippen molar-refractivity contribution in [3.63, 3.8) is 0 Å². The van der Waals surface area contributed by atoms with Gasteiger partial charge in [-0.15, -0.1) is 0 Å². The van der Waals surface area contributed by atoms with Gasteiger partial charge < -0.3 is 0 Å². The van der Waals surface area contributed by atoms with Gasteiger partial charge in [-0.3, -0.25) is 16.0 Å². The highest BCUT2D eigenvalue weighted by Gasteiger charge is 2.13. The second-order valence-electron chi connectivity index (χ2n) is 4.26. The summed E-state index contributed by atoms with van der Waals surface area (Å²) in [5.41, 5.74) is 6.38. The summed E-state index contributed by atoms with van der Waals surface area (Å²) in [5.74, 6) is 5.61. The fourth-order valence-electron chi connectivity index (χ4n) is 1.93. The molecule has 0 aliphatic rings. The Balaban J connectivity index is 2.18. The fraction of sp³-hybridized carbons (Fsp3) is 0.308. The third kappa shape index (κ3) is 2.72. The number of hydrogen-bond acceptors (Lipinski definition) is 3. The maximum Gasteiger partial charge on any atom is 0.0810 e. The van der Waals surface area contributed by atoms with E-state index >= 15 is 0 Å². The van der Waals surface area contributed by atoms with E-state index in [0.29, 0.717) is 0 Å². The molecule has 90 valence electrons. The zero-order valence-corrected chi connectivity index (χ0v) is 10.2. The smallest absolute Gasteiger partial charge is 0.0810 e. The van der Waals surface area contributed by atoms with Gasteiger partial charge in [-0.1, -0.05) is 24.3 Å². The van der Waals surface area contributed by atoms with E-state index in [9.17, 15) is 0 Å². The Hall–Kier alpha value is -1.65. The zero-order chi connectivity index (χ0) is 12.3. The van der Waals surface area contributed by atoms with E-state index < -0.39 is 0 Å². The van der Waals surface area contributed by atoms with Crippen LogP contribution < -0.4 is 11.3 Å². The normalized spacial score (nSPS) is 12.6. The van der Waals surface area contributed by atoms with E-state index in [4.69, 9.17) is 5.84 Å². The lowest BCUT2D eigenvalue weighted by atomic mass is 10.00. The van der Waals surface area contributed by atoms with Gasteiger partial charge in [-0.2, -0.15) is 5.10 Å². The van der Waals surface area contributed by atoms with Crippen molar-refractivity contribution in [3.05, 3.63) is 53.3 Å². The van der Waals surface area contributed by atoms with Gasteiger partial charge in [0.1, 0.15) is 0 Å². The molecule has 4 nitrogen and oxygen atoms in total. The maximum absolute atomic E-state index is 5.61. The van der Waals surface area contributed by atoms with Crippen molar-refractivity contribution in [2.45, 2.75) is 19.4 Å². The van der Waals surface area contributed by atoms with Crippen molar-refractivity contribution in [1.29, 1.82) is 0 Å². The first-order valence-corrected chi connectivity index (χ1v) is 5.71. The third-order valence-corrected chi connectivity index (χ3v) is 2.98. The van der Waals surface area contributed by atoms with Crippen molar-refractivity contribution < 1.29 is 0 Å². The molecule has 17 heavy (non-hydrogen) atoms. The summed E-state index contributed by atoms with van der Waals surface area (Å²) in [6, 6.07) is 10.4. The zero-order valence-electron chi connectivity index (χ0n) is 10.2. The van der Waals surface area contributed by atoms with Crippen LogP contribution in [0.2, 0.25) is 0 Å². The molecule has 1 unspecified atom stereocenters. The number of benzene rings is 1. The number of aryl methyl sites for hydroxylation is 2. The van der Waals surface area contributed by atoms with Crippen LogP contribution >= 0.6 is 0 Å². The molecule has 1 atom stereocenters. The molecule has 4 heteroatoms. The molecule has 1 aromatic heterocycles. The van der Waals surface area contributed by atoms with Crippen molar-refractivity contribution >= 4 is 0 Å². The Labute approximate surface area is 101 Å². The van der Waals surface area contributed by atoms with Crippen LogP contribution in [0.25, 0.3) is 0 Å². The number of hydrogen-bond donors (Lipinski definition) is 2. The van der Waals surface area contributed by atoms with Crippen LogP contribution in [0.15, 0.2) is 36.5 Å². The van der Waals surface area contributed by atoms with Gasteiger partial charge in [-0.25, -0.2) is 0 Å². The summed E-state index contributed by atoms with van der Waals surface area (Å²) in [4.78, 5) is 0. The topological polar surface area (TPSA) is 55.9 Å². The van der Waals surface area contributed by atoms with Gasteiger partial charge in [0.15, 0.2) is 0 Å². The molecule has 0 amide bonds. The van der Waals surface area contributed by atoms with Crippen LogP contribution in [-0.2, 0) is 13.5 Å². The number of nitrogens with two attached hydrogens (primary N) is 1. The van der Waals surface area contributed by atoms with E-state index in [-0.39, 0.29) is 6.04 Å². The molecule has 0 fully saturated rings. The number of rotatable bonds is 4. The average molecular weight is 230 g/mol. The largest absolute Gasteiger partial charge is 0.275 e. The van der Waals surface area contributed by atoms with E-state index in [1.807, 2.05) is 31.4 Å². The van der Waals surface area contributed by atoms with Gasteiger partial charge in [0, 0.05) is 13.2 Å². The summed E-state index contributed by atoms with van der Waals surface area (Å²) < 4.78 is 1.79. The Morgan fingerprint density at radius 3 is 2.71 bits per heavy atom. The first-order valence-electron chi connectivity index (χ1n) is 5.71. The molecule has 0 spiro atoms. The number of hydrazine groups is 1. The molecule has 2 rings (SSSR count). The lowest BCUT2D eigenvalue weighted by Crippen LogP contribution is -2.30. The minimum Gasteiger partial charge on any atom is -0.275 e. The second kappa shape index (κ2) is 5.12. The highest BCUT2D eigenvalue weighted by atomic mass is 15.3. The predicted octanol–water partition coefficient (Wildman–Crippen LogP) is 1.48. The van der Waals surface area contributed by atoms with Crippen molar-refractivity contribution in [2.75, 3.05) is 0 Å². The molecule has 2 aromatic rings. The molecule has 0 aliphatic carbocycles. The molecule has 1 heterocycles. The second-order valence-corrected chi connectivity index (χ2v) is 4.26. The highest BCUT2D eigenvalue weighted by molar-refractivity contribution is 5.27. The SMILES string of the molecule is Cc1ccccc1CC(NN)c1ccn(C)n1. The van der Waals surface area contributed by atoms with Gasteiger partial charge >= 0.3 is 0 Å². The Bertz CT molecular complexity index is 490. The monoisotopic (exact) mass is 230 g/mol. The predicted molar refractivity (Wildman–Crippen MR) is 68.2 cm³/mol. The first-order chi connectivity index (χ1) is 8.20. The molecule has 3 N–H and O–H groups in total. The third-order valence-electron chi connectivity index (χ3n) is 2.98. The van der Waals surface area contributed by atoms with E-state index in [0.717, 1.165) is 12.1 Å². The quantitative estimate of drug-likeness (QED) is 0.618. The van der Waals surface area contributed by atoms with Crippen LogP contribution in [0, 0.1) is 6.92 Å². The standard InChI is InChI=1S/C13H18N4/c1-10-5-3-4-6-11(10)9-13(15-14)12-7-8-17(2)16-12/h3-8,13,15H,9,14H2,1-2H3. The molecular weight excluding hydrogens is 212 g/mol. The molecule has 1 aromatic carbocycles. The van der Waals surface area contributed by atoms with Crippen molar-refractivity contribution in [3.8, 4) is 0 Å². The van der Waals surface area contributed by atoms with Crippen molar-refractivity contribution in [2.24, 2.45) is 12.9 Å². The van der Waals surface area contributed by atoms with Crippen LogP contribution in [-0.4, -0.2) is 9.78 Å². The molecule has 0 aliphatic heterocycles. The van der Waals surface area contributed by atoms with Crippen LogP contribution in [0.3, 0.4) is 0 Å². The Morgan fingerprint density at radius 1 is 1.35 bits per heavy atom. The highest BCUT2D eigenvalue weighted by Crippen LogP contribution is 2.18. The number of nitrogens with zero attached hydrogens (tertiary/aromatic N) is 2. The maximum atomic E-state index is 5.61. The number of aromatic nitrogens is 2. The van der Waals surface area contributed by atoms with Crippen LogP contribution in [0.1, 0.15) is 22.9 Å². The van der Waals surface area contributed by atoms with Crippen LogP contribution in [0.4, 0.5) is 0 Å². The fourth-order valence-corrected chi connectivity index (χ4v) is 1.93.